The molecule has 3 heterocycles. The summed E-state index contributed by atoms with van der Waals surface area (Å²) in [5.74, 6) is 0.579. The number of aliphatic hydroxyl groups is 1. The van der Waals surface area contributed by atoms with Gasteiger partial charge in [-0.3, -0.25) is 4.99 Å². The lowest BCUT2D eigenvalue weighted by Gasteiger charge is -2.35. The topological polar surface area (TPSA) is 102 Å². The third-order valence-electron chi connectivity index (χ3n) is 5.28. The van der Waals surface area contributed by atoms with Crippen molar-refractivity contribution >= 4 is 28.9 Å². The lowest BCUT2D eigenvalue weighted by Crippen LogP contribution is -2.52. The molecule has 1 aliphatic heterocycles. The number of imidazole rings is 1. The van der Waals surface area contributed by atoms with Gasteiger partial charge in [-0.15, -0.1) is 0 Å². The van der Waals surface area contributed by atoms with Crippen molar-refractivity contribution in [1.29, 1.82) is 0 Å². The zero-order chi connectivity index (χ0) is 20.5. The molecule has 30 heavy (non-hydrogen) atoms. The first-order valence-corrected chi connectivity index (χ1v) is 9.75. The number of aromatic amines is 1. The zero-order valence-electron chi connectivity index (χ0n) is 16.4. The molecule has 0 radical (unpaired) electrons. The van der Waals surface area contributed by atoms with Crippen LogP contribution in [0.1, 0.15) is 5.56 Å². The fourth-order valence-electron chi connectivity index (χ4n) is 3.74. The predicted molar refractivity (Wildman–Crippen MR) is 115 cm³/mol. The molecule has 150 valence electrons. The van der Waals surface area contributed by atoms with E-state index in [0.717, 1.165) is 21.8 Å². The van der Waals surface area contributed by atoms with Gasteiger partial charge in [0.1, 0.15) is 18.0 Å². The van der Waals surface area contributed by atoms with Gasteiger partial charge in [0.2, 0.25) is 0 Å². The van der Waals surface area contributed by atoms with Crippen LogP contribution in [0.5, 0.6) is 0 Å². The van der Waals surface area contributed by atoms with E-state index in [9.17, 15) is 5.11 Å². The minimum absolute atomic E-state index is 0.133. The van der Waals surface area contributed by atoms with Crippen molar-refractivity contribution < 1.29 is 5.11 Å². The van der Waals surface area contributed by atoms with E-state index in [1.54, 1.807) is 6.33 Å². The Morgan fingerprint density at radius 2 is 1.97 bits per heavy atom. The average Bonchev–Trinajstić information content (AvgIpc) is 3.27. The van der Waals surface area contributed by atoms with Crippen molar-refractivity contribution in [2.75, 3.05) is 16.8 Å². The van der Waals surface area contributed by atoms with Crippen molar-refractivity contribution in [2.24, 2.45) is 4.99 Å². The van der Waals surface area contributed by atoms with Crippen LogP contribution in [0.25, 0.3) is 17.4 Å². The normalized spacial score (nSPS) is 16.5. The Hall–Kier alpha value is -3.78. The summed E-state index contributed by atoms with van der Waals surface area (Å²) in [5, 5.41) is 15.6. The SMILES string of the molecule is Cc1cccc2c1=CN(c1ccccc1)C(C(CO)Nc1ncnc3nc[nH]c13)N=2. The van der Waals surface area contributed by atoms with Crippen LogP contribution in [0.3, 0.4) is 0 Å². The highest BCUT2D eigenvalue weighted by molar-refractivity contribution is 5.82. The predicted octanol–water partition coefficient (Wildman–Crippen LogP) is 1.34. The highest BCUT2D eigenvalue weighted by Gasteiger charge is 2.29. The Balaban J connectivity index is 1.61. The summed E-state index contributed by atoms with van der Waals surface area (Å²) in [4.78, 5) is 22.8. The molecular weight excluding hydrogens is 378 g/mol. The summed E-state index contributed by atoms with van der Waals surface area (Å²) in [6.45, 7) is 1.94. The van der Waals surface area contributed by atoms with Crippen molar-refractivity contribution in [2.45, 2.75) is 19.1 Å². The molecule has 5 rings (SSSR count). The van der Waals surface area contributed by atoms with Crippen molar-refractivity contribution in [1.82, 2.24) is 19.9 Å². The average molecular weight is 399 g/mol. The first-order valence-electron chi connectivity index (χ1n) is 9.75. The Bertz CT molecular complexity index is 1300. The molecule has 2 aromatic carbocycles. The van der Waals surface area contributed by atoms with E-state index in [1.807, 2.05) is 42.5 Å². The first kappa shape index (κ1) is 18.3. The molecule has 0 saturated carbocycles. The molecule has 0 fully saturated rings. The van der Waals surface area contributed by atoms with Gasteiger partial charge in [-0.25, -0.2) is 15.0 Å². The lowest BCUT2D eigenvalue weighted by molar-refractivity contribution is 0.259. The van der Waals surface area contributed by atoms with Crippen LogP contribution in [0, 0.1) is 6.92 Å². The second-order valence-corrected chi connectivity index (χ2v) is 7.18. The molecule has 2 atom stereocenters. The first-order chi connectivity index (χ1) is 14.7. The van der Waals surface area contributed by atoms with Crippen LogP contribution in [0.2, 0.25) is 0 Å². The minimum Gasteiger partial charge on any atom is -0.394 e. The fraction of sp³-hybridized carbons (Fsp3) is 0.182. The van der Waals surface area contributed by atoms with E-state index in [-0.39, 0.29) is 12.8 Å². The van der Waals surface area contributed by atoms with Gasteiger partial charge in [0.25, 0.3) is 0 Å². The molecule has 1 aliphatic rings. The maximum absolute atomic E-state index is 10.3. The monoisotopic (exact) mass is 399 g/mol. The van der Waals surface area contributed by atoms with Gasteiger partial charge < -0.3 is 20.3 Å². The van der Waals surface area contributed by atoms with E-state index in [1.165, 1.54) is 6.33 Å². The van der Waals surface area contributed by atoms with E-state index >= 15 is 0 Å². The maximum atomic E-state index is 10.3. The van der Waals surface area contributed by atoms with E-state index in [4.69, 9.17) is 4.99 Å². The number of nitrogens with one attached hydrogen (secondary N) is 2. The lowest BCUT2D eigenvalue weighted by atomic mass is 10.1. The standard InChI is InChI=1S/C22H21N7O/c1-14-6-5-9-17-16(14)10-29(15-7-3-2-4-8-15)22(28-17)18(11-30)27-21-19-20(24-12-23-19)25-13-26-21/h2-10,12-13,18,22,30H,11H2,1H3,(H2,23,24,25,26,27). The summed E-state index contributed by atoms with van der Waals surface area (Å²) < 4.78 is 0. The smallest absolute Gasteiger partial charge is 0.182 e. The Morgan fingerprint density at radius 3 is 2.80 bits per heavy atom. The number of para-hydroxylation sites is 1. The van der Waals surface area contributed by atoms with Crippen molar-refractivity contribution in [3.63, 3.8) is 0 Å². The number of hydrogen-bond donors (Lipinski definition) is 3. The van der Waals surface area contributed by atoms with Crippen LogP contribution >= 0.6 is 0 Å². The molecule has 0 saturated heterocycles. The number of rotatable bonds is 5. The number of nitrogens with zero attached hydrogens (tertiary/aromatic N) is 5. The van der Waals surface area contributed by atoms with Gasteiger partial charge in [0.05, 0.1) is 24.3 Å². The second kappa shape index (κ2) is 7.57. The molecule has 8 heteroatoms. The van der Waals surface area contributed by atoms with E-state index in [2.05, 4.69) is 49.3 Å². The summed E-state index contributed by atoms with van der Waals surface area (Å²) in [6.07, 6.45) is 4.76. The Labute approximate surface area is 172 Å². The number of anilines is 2. The fourth-order valence-corrected chi connectivity index (χ4v) is 3.74. The number of aliphatic hydroxyl groups excluding tert-OH is 1. The van der Waals surface area contributed by atoms with Gasteiger partial charge >= 0.3 is 0 Å². The van der Waals surface area contributed by atoms with Gasteiger partial charge in [0.15, 0.2) is 11.5 Å². The van der Waals surface area contributed by atoms with Crippen molar-refractivity contribution in [3.8, 4) is 0 Å². The summed E-state index contributed by atoms with van der Waals surface area (Å²) in [5.41, 5.74) is 3.41. The van der Waals surface area contributed by atoms with Crippen LogP contribution in [-0.4, -0.2) is 43.9 Å². The van der Waals surface area contributed by atoms with Crippen LogP contribution < -0.4 is 20.8 Å². The highest BCUT2D eigenvalue weighted by Crippen LogP contribution is 2.23. The third kappa shape index (κ3) is 3.17. The Kier molecular flexibility index (Phi) is 4.61. The van der Waals surface area contributed by atoms with Crippen LogP contribution in [-0.2, 0) is 0 Å². The molecule has 8 nitrogen and oxygen atoms in total. The molecule has 0 amide bonds. The minimum atomic E-state index is -0.420. The molecule has 0 aliphatic carbocycles. The number of aromatic nitrogens is 4. The second-order valence-electron chi connectivity index (χ2n) is 7.18. The molecule has 2 aromatic heterocycles. The Morgan fingerprint density at radius 1 is 1.10 bits per heavy atom. The molecular formula is C22H21N7O. The maximum Gasteiger partial charge on any atom is 0.182 e. The number of aryl methyl sites for hydroxylation is 1. The van der Waals surface area contributed by atoms with Crippen molar-refractivity contribution in [3.05, 3.63) is 77.3 Å². The third-order valence-corrected chi connectivity index (χ3v) is 5.28. The number of fused-ring (bicyclic) bond motifs is 2. The number of H-pyrrole nitrogens is 1. The molecule has 3 N–H and O–H groups in total. The largest absolute Gasteiger partial charge is 0.394 e. The molecule has 0 spiro atoms. The number of hydrogen-bond acceptors (Lipinski definition) is 7. The quantitative estimate of drug-likeness (QED) is 0.468. The molecule has 2 unspecified atom stereocenters. The van der Waals surface area contributed by atoms with Gasteiger partial charge in [-0.1, -0.05) is 30.3 Å². The number of benzene rings is 2. The zero-order valence-corrected chi connectivity index (χ0v) is 16.4. The summed E-state index contributed by atoms with van der Waals surface area (Å²) in [6, 6.07) is 15.7. The van der Waals surface area contributed by atoms with Gasteiger partial charge in [-0.2, -0.15) is 0 Å². The molecule has 4 aromatic rings. The highest BCUT2D eigenvalue weighted by atomic mass is 16.3. The summed E-state index contributed by atoms with van der Waals surface area (Å²) in [7, 11) is 0. The van der Waals surface area contributed by atoms with Gasteiger partial charge in [-0.05, 0) is 30.7 Å². The van der Waals surface area contributed by atoms with Crippen LogP contribution in [0.4, 0.5) is 11.5 Å². The van der Waals surface area contributed by atoms with Gasteiger partial charge in [0, 0.05) is 17.1 Å². The van der Waals surface area contributed by atoms with E-state index < -0.39 is 6.04 Å². The molecule has 0 bridgehead atoms. The van der Waals surface area contributed by atoms with Crippen LogP contribution in [0.15, 0.2) is 66.2 Å². The van der Waals surface area contributed by atoms with E-state index in [0.29, 0.717) is 17.0 Å². The summed E-state index contributed by atoms with van der Waals surface area (Å²) >= 11 is 0.